The van der Waals surface area contributed by atoms with Crippen LogP contribution in [0.1, 0.15) is 10.4 Å². The second-order valence-electron chi connectivity index (χ2n) is 5.76. The maximum absolute atomic E-state index is 12.8. The van der Waals surface area contributed by atoms with Gasteiger partial charge in [0, 0.05) is 30.8 Å². The summed E-state index contributed by atoms with van der Waals surface area (Å²) in [6.07, 6.45) is 1.60. The van der Waals surface area contributed by atoms with Gasteiger partial charge in [0.2, 0.25) is 0 Å². The van der Waals surface area contributed by atoms with E-state index in [1.54, 1.807) is 30.5 Å². The number of methoxy groups -OCH3 is 1. The van der Waals surface area contributed by atoms with Crippen molar-refractivity contribution >= 4 is 32.5 Å². The highest BCUT2D eigenvalue weighted by atomic mass is 32.2. The maximum Gasteiger partial charge on any atom is 0.261 e. The Morgan fingerprint density at radius 3 is 2.70 bits per heavy atom. The summed E-state index contributed by atoms with van der Waals surface area (Å²) in [6, 6.07) is 14.7. The number of fused-ring (bicyclic) bond motifs is 1. The number of carbonyl (C=O) groups excluding carboxylic acids is 1. The highest BCUT2D eigenvalue weighted by Gasteiger charge is 2.18. The molecule has 2 N–H and O–H groups in total. The summed E-state index contributed by atoms with van der Waals surface area (Å²) in [7, 11) is -2.35. The van der Waals surface area contributed by atoms with Crippen LogP contribution in [-0.2, 0) is 14.8 Å². The van der Waals surface area contributed by atoms with Crippen molar-refractivity contribution in [3.8, 4) is 0 Å². The van der Waals surface area contributed by atoms with E-state index in [0.717, 1.165) is 5.39 Å². The molecule has 0 aliphatic carbocycles. The summed E-state index contributed by atoms with van der Waals surface area (Å²) < 4.78 is 33.0. The lowest BCUT2D eigenvalue weighted by Crippen LogP contribution is -2.27. The van der Waals surface area contributed by atoms with Crippen LogP contribution in [0.4, 0.5) is 5.69 Å². The molecule has 0 aliphatic heterocycles. The lowest BCUT2D eigenvalue weighted by atomic mass is 10.2. The van der Waals surface area contributed by atoms with E-state index in [2.05, 4.69) is 15.0 Å². The minimum atomic E-state index is -3.88. The fourth-order valence-electron chi connectivity index (χ4n) is 2.56. The predicted molar refractivity (Wildman–Crippen MR) is 103 cm³/mol. The zero-order valence-electron chi connectivity index (χ0n) is 14.7. The van der Waals surface area contributed by atoms with Crippen LogP contribution < -0.4 is 10.0 Å². The third-order valence-electron chi connectivity index (χ3n) is 3.88. The number of aromatic nitrogens is 1. The average Bonchev–Trinajstić information content (AvgIpc) is 2.68. The van der Waals surface area contributed by atoms with E-state index in [9.17, 15) is 13.2 Å². The SMILES string of the molecule is COCCNC(=O)c1cccc(S(=O)(=O)Nc2cccc3cccnc23)c1. The molecule has 1 aromatic heterocycles. The number of sulfonamides is 1. The predicted octanol–water partition coefficient (Wildman–Crippen LogP) is 2.41. The van der Waals surface area contributed by atoms with E-state index < -0.39 is 10.0 Å². The molecule has 8 heteroatoms. The molecule has 0 saturated carbocycles. The molecule has 0 saturated heterocycles. The lowest BCUT2D eigenvalue weighted by molar-refractivity contribution is 0.0937. The second-order valence-corrected chi connectivity index (χ2v) is 7.45. The zero-order chi connectivity index (χ0) is 19.3. The fourth-order valence-corrected chi connectivity index (χ4v) is 3.68. The summed E-state index contributed by atoms with van der Waals surface area (Å²) in [5.74, 6) is -0.365. The molecular formula is C19H19N3O4S. The Bertz CT molecular complexity index is 1060. The Morgan fingerprint density at radius 1 is 1.11 bits per heavy atom. The van der Waals surface area contributed by atoms with Crippen LogP contribution in [0.25, 0.3) is 10.9 Å². The molecule has 7 nitrogen and oxygen atoms in total. The van der Waals surface area contributed by atoms with Gasteiger partial charge in [-0.2, -0.15) is 0 Å². The molecule has 140 valence electrons. The van der Waals surface area contributed by atoms with Crippen molar-refractivity contribution in [1.82, 2.24) is 10.3 Å². The molecule has 0 unspecified atom stereocenters. The van der Waals surface area contributed by atoms with Gasteiger partial charge in [-0.15, -0.1) is 0 Å². The Morgan fingerprint density at radius 2 is 1.89 bits per heavy atom. The lowest BCUT2D eigenvalue weighted by Gasteiger charge is -2.11. The molecule has 0 spiro atoms. The molecule has 0 atom stereocenters. The summed E-state index contributed by atoms with van der Waals surface area (Å²) >= 11 is 0. The second kappa shape index (κ2) is 8.15. The minimum absolute atomic E-state index is 0.00479. The monoisotopic (exact) mass is 385 g/mol. The number of amides is 1. The third kappa shape index (κ3) is 4.42. The Labute approximate surface area is 157 Å². The van der Waals surface area contributed by atoms with Crippen LogP contribution in [-0.4, -0.2) is 39.6 Å². The molecule has 1 heterocycles. The maximum atomic E-state index is 12.8. The molecule has 1 amide bonds. The molecular weight excluding hydrogens is 366 g/mol. The first-order valence-corrected chi connectivity index (χ1v) is 9.73. The number of benzene rings is 2. The van der Waals surface area contributed by atoms with Gasteiger partial charge < -0.3 is 10.1 Å². The Kier molecular flexibility index (Phi) is 5.68. The van der Waals surface area contributed by atoms with E-state index in [1.165, 1.54) is 25.3 Å². The van der Waals surface area contributed by atoms with Crippen LogP contribution in [0.15, 0.2) is 65.7 Å². The first kappa shape index (κ1) is 18.8. The number of hydrogen-bond donors (Lipinski definition) is 2. The van der Waals surface area contributed by atoms with Crippen LogP contribution in [0, 0.1) is 0 Å². The minimum Gasteiger partial charge on any atom is -0.383 e. The van der Waals surface area contributed by atoms with Gasteiger partial charge in [-0.05, 0) is 30.3 Å². The third-order valence-corrected chi connectivity index (χ3v) is 5.24. The van der Waals surface area contributed by atoms with Crippen molar-refractivity contribution in [2.24, 2.45) is 0 Å². The summed E-state index contributed by atoms with van der Waals surface area (Å²) in [5.41, 5.74) is 1.19. The topological polar surface area (TPSA) is 97.4 Å². The molecule has 0 fully saturated rings. The smallest absolute Gasteiger partial charge is 0.261 e. The highest BCUT2D eigenvalue weighted by Crippen LogP contribution is 2.24. The highest BCUT2D eigenvalue weighted by molar-refractivity contribution is 7.92. The quantitative estimate of drug-likeness (QED) is 0.609. The number of para-hydroxylation sites is 1. The molecule has 3 aromatic rings. The van der Waals surface area contributed by atoms with Crippen molar-refractivity contribution in [2.75, 3.05) is 25.0 Å². The number of nitrogens with zero attached hydrogens (tertiary/aromatic N) is 1. The van der Waals surface area contributed by atoms with Crippen molar-refractivity contribution in [3.05, 3.63) is 66.4 Å². The van der Waals surface area contributed by atoms with Crippen molar-refractivity contribution in [1.29, 1.82) is 0 Å². The van der Waals surface area contributed by atoms with Crippen molar-refractivity contribution < 1.29 is 17.9 Å². The molecule has 0 radical (unpaired) electrons. The summed E-state index contributed by atoms with van der Waals surface area (Å²) in [6.45, 7) is 0.714. The van der Waals surface area contributed by atoms with E-state index >= 15 is 0 Å². The standard InChI is InChI=1S/C19H19N3O4S/c1-26-12-11-21-19(23)15-6-2-8-16(13-15)27(24,25)22-17-9-3-5-14-7-4-10-20-18(14)17/h2-10,13,22H,11-12H2,1H3,(H,21,23). The van der Waals surface area contributed by atoms with Gasteiger partial charge >= 0.3 is 0 Å². The van der Waals surface area contributed by atoms with E-state index in [4.69, 9.17) is 4.74 Å². The van der Waals surface area contributed by atoms with Gasteiger partial charge in [-0.1, -0.05) is 24.3 Å². The number of pyridine rings is 1. The summed E-state index contributed by atoms with van der Waals surface area (Å²) in [4.78, 5) is 16.4. The average molecular weight is 385 g/mol. The summed E-state index contributed by atoms with van der Waals surface area (Å²) in [5, 5.41) is 3.49. The number of ether oxygens (including phenoxy) is 1. The Balaban J connectivity index is 1.87. The first-order chi connectivity index (χ1) is 13.0. The number of hydrogen-bond acceptors (Lipinski definition) is 5. The van der Waals surface area contributed by atoms with Crippen LogP contribution in [0.3, 0.4) is 0 Å². The van der Waals surface area contributed by atoms with E-state index in [1.807, 2.05) is 12.1 Å². The zero-order valence-corrected chi connectivity index (χ0v) is 15.5. The number of carbonyl (C=O) groups is 1. The molecule has 0 aliphatic rings. The number of anilines is 1. The largest absolute Gasteiger partial charge is 0.383 e. The van der Waals surface area contributed by atoms with Crippen molar-refractivity contribution in [2.45, 2.75) is 4.90 Å². The van der Waals surface area contributed by atoms with Gasteiger partial charge in [-0.25, -0.2) is 8.42 Å². The van der Waals surface area contributed by atoms with E-state index in [0.29, 0.717) is 24.4 Å². The molecule has 3 rings (SSSR count). The Hall–Kier alpha value is -2.97. The van der Waals surface area contributed by atoms with Gasteiger partial charge in [-0.3, -0.25) is 14.5 Å². The van der Waals surface area contributed by atoms with Gasteiger partial charge in [0.05, 0.1) is 22.7 Å². The van der Waals surface area contributed by atoms with E-state index in [-0.39, 0.29) is 16.4 Å². The van der Waals surface area contributed by atoms with Crippen LogP contribution in [0.5, 0.6) is 0 Å². The normalized spacial score (nSPS) is 11.3. The first-order valence-electron chi connectivity index (χ1n) is 8.25. The van der Waals surface area contributed by atoms with Gasteiger partial charge in [0.15, 0.2) is 0 Å². The fraction of sp³-hybridized carbons (Fsp3) is 0.158. The van der Waals surface area contributed by atoms with Crippen molar-refractivity contribution in [3.63, 3.8) is 0 Å². The molecule has 2 aromatic carbocycles. The van der Waals surface area contributed by atoms with Crippen LogP contribution >= 0.6 is 0 Å². The van der Waals surface area contributed by atoms with Gasteiger partial charge in [0.1, 0.15) is 0 Å². The van der Waals surface area contributed by atoms with Gasteiger partial charge in [0.25, 0.3) is 15.9 Å². The number of nitrogens with one attached hydrogen (secondary N) is 2. The molecule has 27 heavy (non-hydrogen) atoms. The van der Waals surface area contributed by atoms with Crippen LogP contribution in [0.2, 0.25) is 0 Å². The molecule has 0 bridgehead atoms. The number of rotatable bonds is 7.